The molecule has 0 radical (unpaired) electrons. The number of hydrogen-bond donors (Lipinski definition) is 0. The SMILES string of the molecule is Cc1ccc2c(n1)oc1c(-c3ccc(-c4ccccc4)c[n+]3C)c(C)ccc12. The van der Waals surface area contributed by atoms with E-state index in [-0.39, 0.29) is 0 Å². The van der Waals surface area contributed by atoms with Gasteiger partial charge in [0.1, 0.15) is 7.05 Å². The van der Waals surface area contributed by atoms with Crippen molar-refractivity contribution in [3.8, 4) is 22.4 Å². The molecule has 0 unspecified atom stereocenters. The maximum absolute atomic E-state index is 6.25. The highest BCUT2D eigenvalue weighted by atomic mass is 16.3. The second-order valence-corrected chi connectivity index (χ2v) is 7.32. The summed E-state index contributed by atoms with van der Waals surface area (Å²) in [6, 6.07) is 23.2. The van der Waals surface area contributed by atoms with Crippen molar-refractivity contribution in [1.29, 1.82) is 0 Å². The molecule has 28 heavy (non-hydrogen) atoms. The van der Waals surface area contributed by atoms with E-state index in [2.05, 4.69) is 84.3 Å². The highest BCUT2D eigenvalue weighted by Crippen LogP contribution is 2.36. The molecule has 3 heteroatoms. The topological polar surface area (TPSA) is 29.9 Å². The summed E-state index contributed by atoms with van der Waals surface area (Å²) in [5.41, 5.74) is 8.39. The lowest BCUT2D eigenvalue weighted by Gasteiger charge is -2.07. The molecule has 0 atom stereocenters. The summed E-state index contributed by atoms with van der Waals surface area (Å²) < 4.78 is 8.42. The molecular formula is C25H21N2O+. The Morgan fingerprint density at radius 3 is 2.36 bits per heavy atom. The third kappa shape index (κ3) is 2.59. The first-order valence-corrected chi connectivity index (χ1v) is 9.47. The van der Waals surface area contributed by atoms with Crippen LogP contribution in [0.4, 0.5) is 0 Å². The maximum Gasteiger partial charge on any atom is 0.227 e. The van der Waals surface area contributed by atoms with Gasteiger partial charge in [-0.25, -0.2) is 9.55 Å². The Hall–Kier alpha value is -3.46. The number of nitrogens with zero attached hydrogens (tertiary/aromatic N) is 2. The van der Waals surface area contributed by atoms with Gasteiger partial charge in [-0.2, -0.15) is 0 Å². The highest BCUT2D eigenvalue weighted by Gasteiger charge is 2.21. The molecule has 5 rings (SSSR count). The van der Waals surface area contributed by atoms with Gasteiger partial charge in [-0.1, -0.05) is 42.5 Å². The van der Waals surface area contributed by atoms with Crippen molar-refractivity contribution in [2.24, 2.45) is 7.05 Å². The van der Waals surface area contributed by atoms with Crippen molar-refractivity contribution in [3.63, 3.8) is 0 Å². The van der Waals surface area contributed by atoms with Crippen LogP contribution in [0.15, 0.2) is 77.3 Å². The Morgan fingerprint density at radius 1 is 0.786 bits per heavy atom. The largest absolute Gasteiger partial charge is 0.437 e. The lowest BCUT2D eigenvalue weighted by molar-refractivity contribution is -0.659. The van der Waals surface area contributed by atoms with E-state index in [0.717, 1.165) is 33.3 Å². The van der Waals surface area contributed by atoms with Crippen LogP contribution in [0, 0.1) is 13.8 Å². The van der Waals surface area contributed by atoms with Gasteiger partial charge in [-0.15, -0.1) is 0 Å². The van der Waals surface area contributed by atoms with E-state index < -0.39 is 0 Å². The van der Waals surface area contributed by atoms with E-state index in [9.17, 15) is 0 Å². The molecule has 0 fully saturated rings. The number of aryl methyl sites for hydroxylation is 3. The molecule has 0 saturated heterocycles. The van der Waals surface area contributed by atoms with Crippen LogP contribution in [-0.4, -0.2) is 4.98 Å². The minimum absolute atomic E-state index is 0.699. The predicted molar refractivity (Wildman–Crippen MR) is 113 cm³/mol. The first-order valence-electron chi connectivity index (χ1n) is 9.47. The zero-order valence-corrected chi connectivity index (χ0v) is 16.2. The van der Waals surface area contributed by atoms with Crippen molar-refractivity contribution >= 4 is 22.1 Å². The van der Waals surface area contributed by atoms with Crippen LogP contribution in [0.3, 0.4) is 0 Å². The lowest BCUT2D eigenvalue weighted by atomic mass is 9.99. The number of benzene rings is 2. The van der Waals surface area contributed by atoms with Crippen molar-refractivity contribution in [3.05, 3.63) is 84.2 Å². The summed E-state index contributed by atoms with van der Waals surface area (Å²) in [5.74, 6) is 0. The normalized spacial score (nSPS) is 11.4. The minimum atomic E-state index is 0.699. The fraction of sp³-hybridized carbons (Fsp3) is 0.120. The van der Waals surface area contributed by atoms with Gasteiger partial charge in [0.25, 0.3) is 0 Å². The standard InChI is InChI=1S/C25H21N2O/c1-16-9-12-20-21-13-10-17(2)26-25(21)28-24(20)23(16)22-14-11-19(15-27(22)3)18-7-5-4-6-8-18/h4-15H,1-3H3/q+1. The summed E-state index contributed by atoms with van der Waals surface area (Å²) in [6.45, 7) is 4.12. The average molecular weight is 365 g/mol. The molecule has 0 N–H and O–H groups in total. The van der Waals surface area contributed by atoms with E-state index in [1.54, 1.807) is 0 Å². The van der Waals surface area contributed by atoms with Gasteiger partial charge in [-0.05, 0) is 43.2 Å². The number of rotatable bonds is 2. The van der Waals surface area contributed by atoms with Crippen LogP contribution < -0.4 is 4.57 Å². The van der Waals surface area contributed by atoms with Crippen molar-refractivity contribution in [2.45, 2.75) is 13.8 Å². The zero-order valence-electron chi connectivity index (χ0n) is 16.2. The Bertz CT molecular complexity index is 1330. The van der Waals surface area contributed by atoms with E-state index in [1.165, 1.54) is 16.7 Å². The molecule has 0 bridgehead atoms. The molecule has 0 aliphatic heterocycles. The number of pyridine rings is 2. The van der Waals surface area contributed by atoms with Crippen molar-refractivity contribution in [2.75, 3.05) is 0 Å². The number of hydrogen-bond acceptors (Lipinski definition) is 2. The zero-order chi connectivity index (χ0) is 19.3. The molecule has 136 valence electrons. The monoisotopic (exact) mass is 365 g/mol. The Labute approximate surface area is 163 Å². The molecule has 5 aromatic rings. The fourth-order valence-electron chi connectivity index (χ4n) is 3.90. The number of furan rings is 1. The van der Waals surface area contributed by atoms with E-state index in [0.29, 0.717) is 5.71 Å². The second kappa shape index (κ2) is 6.31. The molecule has 0 aliphatic carbocycles. The van der Waals surface area contributed by atoms with Crippen molar-refractivity contribution in [1.82, 2.24) is 4.98 Å². The van der Waals surface area contributed by atoms with Crippen LogP contribution in [-0.2, 0) is 7.05 Å². The molecule has 3 heterocycles. The quantitative estimate of drug-likeness (QED) is 0.373. The molecule has 3 nitrogen and oxygen atoms in total. The average Bonchev–Trinajstić information content (AvgIpc) is 3.06. The van der Waals surface area contributed by atoms with E-state index in [4.69, 9.17) is 4.42 Å². The molecule has 0 aliphatic rings. The van der Waals surface area contributed by atoms with Crippen LogP contribution in [0.1, 0.15) is 11.3 Å². The molecule has 0 amide bonds. The molecule has 0 spiro atoms. The highest BCUT2D eigenvalue weighted by molar-refractivity contribution is 6.08. The van der Waals surface area contributed by atoms with Crippen LogP contribution in [0.25, 0.3) is 44.5 Å². The van der Waals surface area contributed by atoms with Gasteiger partial charge in [0.2, 0.25) is 11.4 Å². The summed E-state index contributed by atoms with van der Waals surface area (Å²) in [4.78, 5) is 4.58. The van der Waals surface area contributed by atoms with Gasteiger partial charge in [0, 0.05) is 28.1 Å². The third-order valence-electron chi connectivity index (χ3n) is 5.35. The predicted octanol–water partition coefficient (Wildman–Crippen LogP) is 5.76. The minimum Gasteiger partial charge on any atom is -0.437 e. The van der Waals surface area contributed by atoms with Crippen molar-refractivity contribution < 1.29 is 8.98 Å². The smallest absolute Gasteiger partial charge is 0.227 e. The van der Waals surface area contributed by atoms with Gasteiger partial charge in [0.15, 0.2) is 11.8 Å². The van der Waals surface area contributed by atoms with Gasteiger partial charge in [0.05, 0.1) is 5.56 Å². The second-order valence-electron chi connectivity index (χ2n) is 7.32. The van der Waals surface area contributed by atoms with Crippen LogP contribution >= 0.6 is 0 Å². The van der Waals surface area contributed by atoms with Gasteiger partial charge >= 0.3 is 0 Å². The van der Waals surface area contributed by atoms with Gasteiger partial charge in [-0.3, -0.25) is 0 Å². The summed E-state index contributed by atoms with van der Waals surface area (Å²) in [5, 5.41) is 2.17. The summed E-state index contributed by atoms with van der Waals surface area (Å²) in [6.07, 6.45) is 2.17. The lowest BCUT2D eigenvalue weighted by Crippen LogP contribution is -2.30. The van der Waals surface area contributed by atoms with Crippen LogP contribution in [0.2, 0.25) is 0 Å². The Balaban J connectivity index is 1.75. The van der Waals surface area contributed by atoms with E-state index >= 15 is 0 Å². The molecule has 2 aromatic carbocycles. The van der Waals surface area contributed by atoms with Gasteiger partial charge < -0.3 is 4.42 Å². The maximum atomic E-state index is 6.25. The van der Waals surface area contributed by atoms with E-state index in [1.807, 2.05) is 19.1 Å². The first kappa shape index (κ1) is 16.7. The molecular weight excluding hydrogens is 344 g/mol. The Kier molecular flexibility index (Phi) is 3.76. The fourth-order valence-corrected chi connectivity index (χ4v) is 3.90. The molecule has 0 saturated carbocycles. The Morgan fingerprint density at radius 2 is 1.57 bits per heavy atom. The first-order chi connectivity index (χ1) is 13.6. The molecule has 3 aromatic heterocycles. The third-order valence-corrected chi connectivity index (χ3v) is 5.35. The number of aromatic nitrogens is 2. The number of fused-ring (bicyclic) bond motifs is 3. The van der Waals surface area contributed by atoms with Crippen LogP contribution in [0.5, 0.6) is 0 Å². The summed E-state index contributed by atoms with van der Waals surface area (Å²) >= 11 is 0. The summed E-state index contributed by atoms with van der Waals surface area (Å²) in [7, 11) is 2.09.